The standard InChI is InChI=1S/C25H26F6O6/c26-24(27,28)23(36,25(29,30)31)16-6-1-12(2-7-16)9-15-10-14(5-8-17(15)13-3-4-13)22-21(35)20(34)19(33)18(11-32)37-22/h1-2,5-8,10,13,18-22,32-36H,3-4,9,11H2/t18-,19-,20+,21-,22+/m1/s1. The first kappa shape index (κ1) is 27.8. The molecule has 1 aliphatic heterocycles. The Hall–Kier alpha value is -2.22. The summed E-state index contributed by atoms with van der Waals surface area (Å²) < 4.78 is 84.7. The van der Waals surface area contributed by atoms with Gasteiger partial charge in [-0.05, 0) is 47.4 Å². The topological polar surface area (TPSA) is 110 Å². The fraction of sp³-hybridized carbons (Fsp3) is 0.520. The summed E-state index contributed by atoms with van der Waals surface area (Å²) in [5.41, 5.74) is -3.97. The van der Waals surface area contributed by atoms with Crippen LogP contribution >= 0.6 is 0 Å². The lowest BCUT2D eigenvalue weighted by atomic mass is 9.87. The number of alkyl halides is 6. The second-order valence-electron chi connectivity index (χ2n) is 9.56. The maximum Gasteiger partial charge on any atom is 0.430 e. The molecule has 2 aliphatic rings. The van der Waals surface area contributed by atoms with E-state index in [-0.39, 0.29) is 12.3 Å². The van der Waals surface area contributed by atoms with Gasteiger partial charge in [-0.25, -0.2) is 0 Å². The number of aliphatic hydroxyl groups excluding tert-OH is 4. The number of aliphatic hydroxyl groups is 5. The molecule has 2 fully saturated rings. The highest BCUT2D eigenvalue weighted by atomic mass is 19.4. The van der Waals surface area contributed by atoms with E-state index < -0.39 is 60.6 Å². The Labute approximate surface area is 207 Å². The zero-order chi connectivity index (χ0) is 27.3. The number of ether oxygens (including phenoxy) is 1. The predicted molar refractivity (Wildman–Crippen MR) is 116 cm³/mol. The van der Waals surface area contributed by atoms with Gasteiger partial charge in [-0.15, -0.1) is 0 Å². The van der Waals surface area contributed by atoms with Crippen molar-refractivity contribution in [3.05, 3.63) is 70.3 Å². The third-order valence-electron chi connectivity index (χ3n) is 6.99. The molecule has 37 heavy (non-hydrogen) atoms. The summed E-state index contributed by atoms with van der Waals surface area (Å²) in [5.74, 6) is 0.221. The molecule has 12 heteroatoms. The second kappa shape index (κ2) is 9.83. The van der Waals surface area contributed by atoms with Crippen LogP contribution in [-0.2, 0) is 16.8 Å². The van der Waals surface area contributed by atoms with Crippen LogP contribution in [0.15, 0.2) is 42.5 Å². The van der Waals surface area contributed by atoms with Gasteiger partial charge < -0.3 is 30.3 Å². The van der Waals surface area contributed by atoms with E-state index in [4.69, 9.17) is 4.74 Å². The molecule has 5 atom stereocenters. The average Bonchev–Trinajstić information content (AvgIpc) is 3.67. The van der Waals surface area contributed by atoms with Gasteiger partial charge >= 0.3 is 12.4 Å². The van der Waals surface area contributed by atoms with Crippen molar-refractivity contribution in [2.75, 3.05) is 6.61 Å². The summed E-state index contributed by atoms with van der Waals surface area (Å²) in [6.07, 6.45) is -16.9. The SMILES string of the molecule is OC[C@H]1O[C@@H](c2ccc(C3CC3)c(Cc3ccc(C(O)(C(F)(F)F)C(F)(F)F)cc3)c2)[C@H](O)[C@@H](O)[C@@H]1O. The third-order valence-corrected chi connectivity index (χ3v) is 6.99. The van der Waals surface area contributed by atoms with Crippen LogP contribution in [-0.4, -0.2) is 68.9 Å². The normalized spacial score (nSPS) is 27.4. The highest BCUT2D eigenvalue weighted by Gasteiger charge is 2.71. The smallest absolute Gasteiger partial charge is 0.394 e. The molecule has 0 unspecified atom stereocenters. The molecule has 1 saturated carbocycles. The Bertz CT molecular complexity index is 1080. The van der Waals surface area contributed by atoms with Crippen molar-refractivity contribution in [3.8, 4) is 0 Å². The summed E-state index contributed by atoms with van der Waals surface area (Å²) in [6, 6.07) is 8.45. The van der Waals surface area contributed by atoms with Crippen molar-refractivity contribution in [2.45, 2.75) is 73.7 Å². The van der Waals surface area contributed by atoms with Gasteiger partial charge in [-0.2, -0.15) is 26.3 Å². The molecule has 5 N–H and O–H groups in total. The first-order chi connectivity index (χ1) is 17.2. The average molecular weight is 536 g/mol. The molecule has 2 aromatic carbocycles. The van der Waals surface area contributed by atoms with Crippen LogP contribution in [0.5, 0.6) is 0 Å². The van der Waals surface area contributed by atoms with Crippen LogP contribution in [0.3, 0.4) is 0 Å². The predicted octanol–water partition coefficient (Wildman–Crippen LogP) is 2.98. The molecule has 4 rings (SSSR count). The van der Waals surface area contributed by atoms with Crippen LogP contribution in [0.4, 0.5) is 26.3 Å². The number of rotatable bonds is 6. The van der Waals surface area contributed by atoms with Gasteiger partial charge in [-0.3, -0.25) is 0 Å². The van der Waals surface area contributed by atoms with Crippen molar-refractivity contribution < 1.29 is 56.6 Å². The van der Waals surface area contributed by atoms with Crippen LogP contribution in [0.25, 0.3) is 0 Å². The Morgan fingerprint density at radius 1 is 0.811 bits per heavy atom. The molecule has 0 bridgehead atoms. The first-order valence-corrected chi connectivity index (χ1v) is 11.6. The van der Waals surface area contributed by atoms with Crippen molar-refractivity contribution in [1.29, 1.82) is 0 Å². The molecular formula is C25H26F6O6. The van der Waals surface area contributed by atoms with E-state index in [9.17, 15) is 51.9 Å². The highest BCUT2D eigenvalue weighted by molar-refractivity contribution is 5.42. The molecule has 6 nitrogen and oxygen atoms in total. The Balaban J connectivity index is 1.64. The highest BCUT2D eigenvalue weighted by Crippen LogP contribution is 2.50. The van der Waals surface area contributed by atoms with E-state index in [1.54, 1.807) is 18.2 Å². The lowest BCUT2D eigenvalue weighted by molar-refractivity contribution is -0.376. The maximum atomic E-state index is 13.2. The first-order valence-electron chi connectivity index (χ1n) is 11.6. The minimum absolute atomic E-state index is 0.119. The molecular weight excluding hydrogens is 510 g/mol. The van der Waals surface area contributed by atoms with E-state index in [0.29, 0.717) is 28.8 Å². The van der Waals surface area contributed by atoms with E-state index in [1.165, 1.54) is 0 Å². The van der Waals surface area contributed by atoms with Gasteiger partial charge in [0.25, 0.3) is 5.60 Å². The quantitative estimate of drug-likeness (QED) is 0.364. The largest absolute Gasteiger partial charge is 0.430 e. The van der Waals surface area contributed by atoms with E-state index in [2.05, 4.69) is 0 Å². The Morgan fingerprint density at radius 3 is 1.92 bits per heavy atom. The number of hydrogen-bond acceptors (Lipinski definition) is 6. The summed E-state index contributed by atoms with van der Waals surface area (Å²) in [7, 11) is 0. The number of halogens is 6. The summed E-state index contributed by atoms with van der Waals surface area (Å²) in [4.78, 5) is 0. The van der Waals surface area contributed by atoms with E-state index >= 15 is 0 Å². The fourth-order valence-electron chi connectivity index (χ4n) is 4.70. The van der Waals surface area contributed by atoms with Gasteiger partial charge in [0.05, 0.1) is 6.61 Å². The van der Waals surface area contributed by atoms with E-state index in [1.807, 2.05) is 0 Å². The molecule has 0 aromatic heterocycles. The second-order valence-corrected chi connectivity index (χ2v) is 9.56. The Kier molecular flexibility index (Phi) is 7.38. The summed E-state index contributed by atoms with van der Waals surface area (Å²) >= 11 is 0. The minimum Gasteiger partial charge on any atom is -0.394 e. The maximum absolute atomic E-state index is 13.2. The van der Waals surface area contributed by atoms with Crippen molar-refractivity contribution in [1.82, 2.24) is 0 Å². The molecule has 204 valence electrons. The van der Waals surface area contributed by atoms with Gasteiger partial charge in [0, 0.05) is 5.56 Å². The third kappa shape index (κ3) is 5.10. The summed E-state index contributed by atoms with van der Waals surface area (Å²) in [6.45, 7) is -0.608. The minimum atomic E-state index is -5.98. The van der Waals surface area contributed by atoms with E-state index in [0.717, 1.165) is 30.5 Å². The zero-order valence-corrected chi connectivity index (χ0v) is 19.2. The van der Waals surface area contributed by atoms with Crippen LogP contribution in [0, 0.1) is 0 Å². The van der Waals surface area contributed by atoms with Crippen LogP contribution in [0.2, 0.25) is 0 Å². The molecule has 0 amide bonds. The lowest BCUT2D eigenvalue weighted by Crippen LogP contribution is -2.55. The molecule has 1 aliphatic carbocycles. The zero-order valence-electron chi connectivity index (χ0n) is 19.2. The van der Waals surface area contributed by atoms with Crippen LogP contribution in [0.1, 0.15) is 52.7 Å². The Morgan fingerprint density at radius 2 is 1.41 bits per heavy atom. The molecule has 2 aromatic rings. The monoisotopic (exact) mass is 536 g/mol. The number of hydrogen-bond donors (Lipinski definition) is 5. The number of benzene rings is 2. The lowest BCUT2D eigenvalue weighted by Gasteiger charge is -2.40. The molecule has 0 spiro atoms. The summed E-state index contributed by atoms with van der Waals surface area (Å²) in [5, 5.41) is 49.7. The van der Waals surface area contributed by atoms with Gasteiger partial charge in [0.1, 0.15) is 30.5 Å². The van der Waals surface area contributed by atoms with Crippen molar-refractivity contribution in [2.24, 2.45) is 0 Å². The van der Waals surface area contributed by atoms with Gasteiger partial charge in [-0.1, -0.05) is 42.5 Å². The van der Waals surface area contributed by atoms with Gasteiger partial charge in [0.15, 0.2) is 0 Å². The molecule has 0 radical (unpaired) electrons. The molecule has 1 heterocycles. The van der Waals surface area contributed by atoms with Gasteiger partial charge in [0.2, 0.25) is 0 Å². The molecule has 1 saturated heterocycles. The van der Waals surface area contributed by atoms with Crippen molar-refractivity contribution in [3.63, 3.8) is 0 Å². The van der Waals surface area contributed by atoms with Crippen LogP contribution < -0.4 is 0 Å². The van der Waals surface area contributed by atoms with Crippen molar-refractivity contribution >= 4 is 0 Å². The fourth-order valence-corrected chi connectivity index (χ4v) is 4.70.